The summed E-state index contributed by atoms with van der Waals surface area (Å²) in [5, 5.41) is 12.8. The molecule has 2 N–H and O–H groups in total. The first-order chi connectivity index (χ1) is 16.2. The number of carbonyl (C=O) groups is 4. The van der Waals surface area contributed by atoms with Crippen LogP contribution in [0.2, 0.25) is 10.0 Å². The van der Waals surface area contributed by atoms with E-state index >= 15 is 0 Å². The van der Waals surface area contributed by atoms with E-state index in [2.05, 4.69) is 5.32 Å². The van der Waals surface area contributed by atoms with Crippen LogP contribution in [0.4, 0.5) is 0 Å². The maximum atomic E-state index is 12.8. The number of amides is 1. The predicted octanol–water partition coefficient (Wildman–Crippen LogP) is 3.74. The quantitative estimate of drug-likeness (QED) is 0.420. The fourth-order valence-corrected chi connectivity index (χ4v) is 2.97. The SMILES string of the molecule is O=C(O[C@H](C(=O)O)[C@@H](OC(=O)c1ccc(Cl)cc1)C(=O)NCc1ccco1)c1ccc(Cl)cc1. The molecule has 176 valence electrons. The lowest BCUT2D eigenvalue weighted by Crippen LogP contribution is -2.50. The minimum absolute atomic E-state index is 0.00130. The largest absolute Gasteiger partial charge is 0.478 e. The summed E-state index contributed by atoms with van der Waals surface area (Å²) in [6.07, 6.45) is -2.80. The molecule has 2 atom stereocenters. The fraction of sp³-hybridized carbons (Fsp3) is 0.130. The van der Waals surface area contributed by atoms with Crippen LogP contribution < -0.4 is 5.32 Å². The highest BCUT2D eigenvalue weighted by atomic mass is 35.5. The van der Waals surface area contributed by atoms with E-state index in [1.54, 1.807) is 12.1 Å². The van der Waals surface area contributed by atoms with E-state index in [1.165, 1.54) is 54.8 Å². The number of rotatable bonds is 9. The maximum absolute atomic E-state index is 12.8. The molecule has 0 aliphatic carbocycles. The van der Waals surface area contributed by atoms with E-state index in [0.29, 0.717) is 15.8 Å². The number of esters is 2. The lowest BCUT2D eigenvalue weighted by atomic mass is 10.1. The summed E-state index contributed by atoms with van der Waals surface area (Å²) < 4.78 is 15.4. The van der Waals surface area contributed by atoms with Gasteiger partial charge in [0.15, 0.2) is 0 Å². The Balaban J connectivity index is 1.84. The molecule has 9 nitrogen and oxygen atoms in total. The smallest absolute Gasteiger partial charge is 0.349 e. The average molecular weight is 506 g/mol. The van der Waals surface area contributed by atoms with Crippen molar-refractivity contribution in [3.63, 3.8) is 0 Å². The molecule has 0 fully saturated rings. The van der Waals surface area contributed by atoms with Gasteiger partial charge in [0.1, 0.15) is 5.76 Å². The van der Waals surface area contributed by atoms with Crippen molar-refractivity contribution < 1.29 is 38.2 Å². The van der Waals surface area contributed by atoms with Gasteiger partial charge in [-0.05, 0) is 60.7 Å². The number of carbonyl (C=O) groups excluding carboxylic acids is 3. The van der Waals surface area contributed by atoms with Crippen LogP contribution in [-0.2, 0) is 25.6 Å². The van der Waals surface area contributed by atoms with Crippen molar-refractivity contribution in [2.45, 2.75) is 18.8 Å². The second-order valence-corrected chi connectivity index (χ2v) is 7.67. The van der Waals surface area contributed by atoms with Crippen LogP contribution in [-0.4, -0.2) is 41.1 Å². The highest BCUT2D eigenvalue weighted by molar-refractivity contribution is 6.31. The fourth-order valence-electron chi connectivity index (χ4n) is 2.72. The van der Waals surface area contributed by atoms with Gasteiger partial charge in [0.25, 0.3) is 5.91 Å². The number of furan rings is 1. The number of hydrogen-bond donors (Lipinski definition) is 2. The minimum Gasteiger partial charge on any atom is -0.478 e. The Kier molecular flexibility index (Phi) is 8.29. The summed E-state index contributed by atoms with van der Waals surface area (Å²) in [6.45, 7) is -0.127. The molecule has 34 heavy (non-hydrogen) atoms. The van der Waals surface area contributed by atoms with Crippen LogP contribution in [0.5, 0.6) is 0 Å². The standard InChI is InChI=1S/C23H17Cl2NO8/c24-15-7-3-13(4-8-15)22(30)33-18(20(27)26-12-17-2-1-11-32-17)19(21(28)29)34-23(31)14-5-9-16(25)10-6-14/h1-11,18-19H,12H2,(H,26,27)(H,28,29)/t18-,19+/m1/s1. The molecule has 0 unspecified atom stereocenters. The highest BCUT2D eigenvalue weighted by Gasteiger charge is 2.41. The third-order valence-corrected chi connectivity index (χ3v) is 4.93. The molecule has 0 spiro atoms. The second kappa shape index (κ2) is 11.4. The molecule has 1 amide bonds. The molecule has 0 bridgehead atoms. The first-order valence-electron chi connectivity index (χ1n) is 9.70. The topological polar surface area (TPSA) is 132 Å². The number of nitrogens with one attached hydrogen (secondary N) is 1. The molecule has 0 saturated heterocycles. The lowest BCUT2D eigenvalue weighted by Gasteiger charge is -2.23. The molecular formula is C23H17Cl2NO8. The number of benzene rings is 2. The Morgan fingerprint density at radius 1 is 0.824 bits per heavy atom. The Morgan fingerprint density at radius 2 is 1.32 bits per heavy atom. The zero-order valence-corrected chi connectivity index (χ0v) is 18.8. The lowest BCUT2D eigenvalue weighted by molar-refractivity contribution is -0.159. The van der Waals surface area contributed by atoms with Crippen molar-refractivity contribution >= 4 is 47.0 Å². The van der Waals surface area contributed by atoms with E-state index in [4.69, 9.17) is 37.1 Å². The Labute approximate surface area is 203 Å². The van der Waals surface area contributed by atoms with Gasteiger partial charge in [-0.3, -0.25) is 4.79 Å². The van der Waals surface area contributed by atoms with Crippen LogP contribution in [0, 0.1) is 0 Å². The third-order valence-electron chi connectivity index (χ3n) is 4.42. The van der Waals surface area contributed by atoms with Gasteiger partial charge in [-0.1, -0.05) is 23.2 Å². The Hall–Kier alpha value is -3.82. The monoisotopic (exact) mass is 505 g/mol. The van der Waals surface area contributed by atoms with Crippen LogP contribution >= 0.6 is 23.2 Å². The molecular weight excluding hydrogens is 489 g/mol. The molecule has 3 rings (SSSR count). The van der Waals surface area contributed by atoms with Crippen molar-refractivity contribution in [1.29, 1.82) is 0 Å². The van der Waals surface area contributed by atoms with Gasteiger partial charge in [0.2, 0.25) is 12.2 Å². The first-order valence-corrected chi connectivity index (χ1v) is 10.5. The Bertz CT molecular complexity index is 1160. The van der Waals surface area contributed by atoms with Gasteiger partial charge in [-0.25, -0.2) is 14.4 Å². The van der Waals surface area contributed by atoms with E-state index in [-0.39, 0.29) is 17.7 Å². The molecule has 1 heterocycles. The number of aliphatic carboxylic acids is 1. The van der Waals surface area contributed by atoms with Gasteiger partial charge in [0.05, 0.1) is 23.9 Å². The number of halogens is 2. The molecule has 2 aromatic carbocycles. The summed E-state index contributed by atoms with van der Waals surface area (Å²) in [5.74, 6) is -4.44. The van der Waals surface area contributed by atoms with Crippen molar-refractivity contribution in [3.05, 3.63) is 93.9 Å². The molecule has 0 aliphatic heterocycles. The van der Waals surface area contributed by atoms with Crippen molar-refractivity contribution in [2.24, 2.45) is 0 Å². The zero-order valence-electron chi connectivity index (χ0n) is 17.3. The number of hydrogen-bond acceptors (Lipinski definition) is 7. The summed E-state index contributed by atoms with van der Waals surface area (Å²) in [5.41, 5.74) is -0.0178. The third kappa shape index (κ3) is 6.60. The number of ether oxygens (including phenoxy) is 2. The van der Waals surface area contributed by atoms with E-state index in [0.717, 1.165) is 0 Å². The second-order valence-electron chi connectivity index (χ2n) is 6.80. The van der Waals surface area contributed by atoms with Crippen LogP contribution in [0.25, 0.3) is 0 Å². The molecule has 1 aromatic heterocycles. The van der Waals surface area contributed by atoms with Crippen molar-refractivity contribution in [2.75, 3.05) is 0 Å². The molecule has 0 aliphatic rings. The van der Waals surface area contributed by atoms with Crippen LogP contribution in [0.15, 0.2) is 71.3 Å². The van der Waals surface area contributed by atoms with Crippen molar-refractivity contribution in [3.8, 4) is 0 Å². The molecule has 11 heteroatoms. The number of carboxylic acid groups (broad SMARTS) is 1. The molecule has 3 aromatic rings. The highest BCUT2D eigenvalue weighted by Crippen LogP contribution is 2.17. The normalized spacial score (nSPS) is 12.3. The summed E-state index contributed by atoms with van der Waals surface area (Å²) in [7, 11) is 0. The number of carboxylic acids is 1. The first kappa shape index (κ1) is 24.8. The molecule has 0 radical (unpaired) electrons. The van der Waals surface area contributed by atoms with Crippen LogP contribution in [0.3, 0.4) is 0 Å². The van der Waals surface area contributed by atoms with Gasteiger partial charge < -0.3 is 24.3 Å². The van der Waals surface area contributed by atoms with E-state index in [9.17, 15) is 24.3 Å². The zero-order chi connectivity index (χ0) is 24.7. The summed E-state index contributed by atoms with van der Waals surface area (Å²) in [6, 6.07) is 14.1. The van der Waals surface area contributed by atoms with Gasteiger partial charge in [-0.15, -0.1) is 0 Å². The van der Waals surface area contributed by atoms with Gasteiger partial charge in [0, 0.05) is 10.0 Å². The average Bonchev–Trinajstić information content (AvgIpc) is 3.34. The Morgan fingerprint density at radius 3 is 1.76 bits per heavy atom. The maximum Gasteiger partial charge on any atom is 0.349 e. The predicted molar refractivity (Wildman–Crippen MR) is 120 cm³/mol. The van der Waals surface area contributed by atoms with Crippen LogP contribution in [0.1, 0.15) is 26.5 Å². The minimum atomic E-state index is -2.16. The summed E-state index contributed by atoms with van der Waals surface area (Å²) in [4.78, 5) is 49.9. The van der Waals surface area contributed by atoms with E-state index in [1.807, 2.05) is 0 Å². The van der Waals surface area contributed by atoms with Gasteiger partial charge >= 0.3 is 17.9 Å². The molecule has 0 saturated carbocycles. The van der Waals surface area contributed by atoms with E-state index < -0.39 is 36.0 Å². The van der Waals surface area contributed by atoms with Gasteiger partial charge in [-0.2, -0.15) is 0 Å². The summed E-state index contributed by atoms with van der Waals surface area (Å²) >= 11 is 11.6. The van der Waals surface area contributed by atoms with Crippen molar-refractivity contribution in [1.82, 2.24) is 5.32 Å².